The lowest BCUT2D eigenvalue weighted by molar-refractivity contribution is 0.0904. The summed E-state index contributed by atoms with van der Waals surface area (Å²) in [6, 6.07) is 3.36. The number of aromatic nitrogens is 2. The average molecular weight is 336 g/mol. The lowest BCUT2D eigenvalue weighted by Gasteiger charge is -2.20. The van der Waals surface area contributed by atoms with Gasteiger partial charge in [-0.3, -0.25) is 9.89 Å². The van der Waals surface area contributed by atoms with E-state index < -0.39 is 0 Å². The Hall–Kier alpha value is -2.05. The molecule has 0 spiro atoms. The van der Waals surface area contributed by atoms with Gasteiger partial charge in [0.2, 0.25) is 0 Å². The van der Waals surface area contributed by atoms with Gasteiger partial charge < -0.3 is 14.8 Å². The highest BCUT2D eigenvalue weighted by atomic mass is 35.5. The van der Waals surface area contributed by atoms with Crippen LogP contribution in [0.2, 0.25) is 5.02 Å². The van der Waals surface area contributed by atoms with Crippen molar-refractivity contribution >= 4 is 17.5 Å². The molecule has 7 heteroatoms. The summed E-state index contributed by atoms with van der Waals surface area (Å²) in [5, 5.41) is 9.90. The maximum atomic E-state index is 12.5. The lowest BCUT2D eigenvalue weighted by atomic mass is 10.1. The van der Waals surface area contributed by atoms with Gasteiger partial charge in [0.05, 0.1) is 42.2 Å². The van der Waals surface area contributed by atoms with Crippen LogP contribution < -0.4 is 10.1 Å². The molecule has 2 aromatic rings. The maximum Gasteiger partial charge on any atom is 0.253 e. The minimum absolute atomic E-state index is 0.227. The van der Waals surface area contributed by atoms with Crippen molar-refractivity contribution in [3.05, 3.63) is 46.2 Å². The first kappa shape index (κ1) is 15.8. The molecule has 3 rings (SSSR count). The van der Waals surface area contributed by atoms with Gasteiger partial charge in [0, 0.05) is 0 Å². The Bertz CT molecular complexity index is 703. The highest BCUT2D eigenvalue weighted by molar-refractivity contribution is 6.34. The molecule has 2 heterocycles. The van der Waals surface area contributed by atoms with E-state index in [-0.39, 0.29) is 18.1 Å². The van der Waals surface area contributed by atoms with E-state index in [9.17, 15) is 4.79 Å². The molecule has 0 saturated carbocycles. The number of rotatable bonds is 4. The molecule has 1 aromatic heterocycles. The number of halogens is 1. The molecular weight excluding hydrogens is 318 g/mol. The number of aromatic amines is 1. The molecule has 122 valence electrons. The summed E-state index contributed by atoms with van der Waals surface area (Å²) in [6.07, 6.45) is 2.97. The molecule has 23 heavy (non-hydrogen) atoms. The molecule has 2 atom stereocenters. The molecule has 1 aliphatic rings. The fourth-order valence-corrected chi connectivity index (χ4v) is 2.77. The van der Waals surface area contributed by atoms with Gasteiger partial charge in [0.15, 0.2) is 5.75 Å². The molecule has 6 nitrogen and oxygen atoms in total. The van der Waals surface area contributed by atoms with Crippen LogP contribution in [-0.2, 0) is 4.74 Å². The smallest absolute Gasteiger partial charge is 0.253 e. The molecular formula is C16H18ClN3O3. The summed E-state index contributed by atoms with van der Waals surface area (Å²) in [6.45, 7) is 4.72. The van der Waals surface area contributed by atoms with Gasteiger partial charge in [0.25, 0.3) is 5.91 Å². The third-order valence-electron chi connectivity index (χ3n) is 3.93. The number of amides is 1. The molecule has 0 bridgehead atoms. The van der Waals surface area contributed by atoms with Gasteiger partial charge in [-0.05, 0) is 37.1 Å². The van der Waals surface area contributed by atoms with Crippen molar-refractivity contribution in [3.8, 4) is 5.75 Å². The second-order valence-corrected chi connectivity index (χ2v) is 6.03. The first-order valence-corrected chi connectivity index (χ1v) is 7.73. The van der Waals surface area contributed by atoms with Gasteiger partial charge in [-0.2, -0.15) is 5.10 Å². The van der Waals surface area contributed by atoms with Crippen LogP contribution in [0.5, 0.6) is 5.75 Å². The van der Waals surface area contributed by atoms with Crippen LogP contribution in [0, 0.1) is 13.8 Å². The number of hydrogen-bond acceptors (Lipinski definition) is 4. The Labute approximate surface area is 139 Å². The van der Waals surface area contributed by atoms with Crippen molar-refractivity contribution in [3.63, 3.8) is 0 Å². The zero-order valence-corrected chi connectivity index (χ0v) is 13.7. The normalized spacial score (nSPS) is 20.5. The minimum Gasteiger partial charge on any atom is -0.482 e. The Balaban J connectivity index is 1.70. The van der Waals surface area contributed by atoms with Crippen molar-refractivity contribution in [2.45, 2.75) is 26.0 Å². The number of benzene rings is 1. The molecule has 0 aliphatic carbocycles. The molecule has 1 fully saturated rings. The SMILES string of the molecule is Cc1cc(Cl)c(C(=O)N[C@H]2COC[C@H]2Oc2cn[nH]c2)cc1C. The van der Waals surface area contributed by atoms with E-state index in [1.165, 1.54) is 0 Å². The fraction of sp³-hybridized carbons (Fsp3) is 0.375. The van der Waals surface area contributed by atoms with Gasteiger partial charge in [-0.15, -0.1) is 0 Å². The number of nitrogens with one attached hydrogen (secondary N) is 2. The van der Waals surface area contributed by atoms with Crippen LogP contribution in [-0.4, -0.2) is 41.5 Å². The van der Waals surface area contributed by atoms with Crippen LogP contribution >= 0.6 is 11.6 Å². The summed E-state index contributed by atoms with van der Waals surface area (Å²) >= 11 is 6.20. The predicted molar refractivity (Wildman–Crippen MR) is 86.0 cm³/mol. The average Bonchev–Trinajstić information content (AvgIpc) is 3.16. The number of nitrogens with zero attached hydrogens (tertiary/aromatic N) is 1. The van der Waals surface area contributed by atoms with E-state index in [4.69, 9.17) is 21.1 Å². The number of aryl methyl sites for hydroxylation is 2. The number of carbonyl (C=O) groups excluding carboxylic acids is 1. The molecule has 0 unspecified atom stereocenters. The van der Waals surface area contributed by atoms with E-state index in [1.807, 2.05) is 13.8 Å². The van der Waals surface area contributed by atoms with E-state index in [0.29, 0.717) is 29.5 Å². The van der Waals surface area contributed by atoms with Crippen LogP contribution in [0.4, 0.5) is 0 Å². The standard InChI is InChI=1S/C16H18ClN3O3/c1-9-3-12(13(17)4-10(9)2)16(21)20-14-7-22-8-15(14)23-11-5-18-19-6-11/h3-6,14-15H,7-8H2,1-2H3,(H,18,19)(H,20,21)/t14-,15+/m0/s1. The Morgan fingerprint density at radius 1 is 1.39 bits per heavy atom. The molecule has 2 N–H and O–H groups in total. The molecule has 1 amide bonds. The first-order valence-electron chi connectivity index (χ1n) is 7.35. The van der Waals surface area contributed by atoms with Gasteiger partial charge in [0.1, 0.15) is 6.10 Å². The monoisotopic (exact) mass is 335 g/mol. The zero-order valence-electron chi connectivity index (χ0n) is 12.9. The van der Waals surface area contributed by atoms with E-state index in [2.05, 4.69) is 15.5 Å². The third kappa shape index (κ3) is 3.48. The highest BCUT2D eigenvalue weighted by Crippen LogP contribution is 2.22. The van der Waals surface area contributed by atoms with Crippen molar-refractivity contribution in [2.24, 2.45) is 0 Å². The maximum absolute atomic E-state index is 12.5. The lowest BCUT2D eigenvalue weighted by Crippen LogP contribution is -2.45. The predicted octanol–water partition coefficient (Wildman–Crippen LogP) is 2.26. The largest absolute Gasteiger partial charge is 0.482 e. The summed E-state index contributed by atoms with van der Waals surface area (Å²) in [5.41, 5.74) is 2.54. The number of carbonyl (C=O) groups is 1. The number of ether oxygens (including phenoxy) is 2. The quantitative estimate of drug-likeness (QED) is 0.898. The summed E-state index contributed by atoms with van der Waals surface area (Å²) < 4.78 is 11.2. The van der Waals surface area contributed by atoms with Crippen molar-refractivity contribution in [1.29, 1.82) is 0 Å². The van der Waals surface area contributed by atoms with Crippen LogP contribution in [0.3, 0.4) is 0 Å². The minimum atomic E-state index is -0.262. The van der Waals surface area contributed by atoms with E-state index in [1.54, 1.807) is 24.5 Å². The second-order valence-electron chi connectivity index (χ2n) is 5.62. The highest BCUT2D eigenvalue weighted by Gasteiger charge is 2.32. The van der Waals surface area contributed by atoms with E-state index >= 15 is 0 Å². The van der Waals surface area contributed by atoms with E-state index in [0.717, 1.165) is 11.1 Å². The van der Waals surface area contributed by atoms with Gasteiger partial charge in [-0.1, -0.05) is 11.6 Å². The van der Waals surface area contributed by atoms with Crippen molar-refractivity contribution in [2.75, 3.05) is 13.2 Å². The van der Waals surface area contributed by atoms with Gasteiger partial charge in [-0.25, -0.2) is 0 Å². The summed E-state index contributed by atoms with van der Waals surface area (Å²) in [4.78, 5) is 12.5. The van der Waals surface area contributed by atoms with Crippen molar-refractivity contribution < 1.29 is 14.3 Å². The van der Waals surface area contributed by atoms with Crippen LogP contribution in [0.1, 0.15) is 21.5 Å². The second kappa shape index (κ2) is 6.60. The number of hydrogen-bond donors (Lipinski definition) is 2. The topological polar surface area (TPSA) is 76.2 Å². The summed E-state index contributed by atoms with van der Waals surface area (Å²) in [7, 11) is 0. The Morgan fingerprint density at radius 3 is 2.91 bits per heavy atom. The zero-order chi connectivity index (χ0) is 16.4. The fourth-order valence-electron chi connectivity index (χ4n) is 2.46. The Morgan fingerprint density at radius 2 is 2.17 bits per heavy atom. The molecule has 0 radical (unpaired) electrons. The van der Waals surface area contributed by atoms with Gasteiger partial charge >= 0.3 is 0 Å². The number of H-pyrrole nitrogens is 1. The first-order chi connectivity index (χ1) is 11.0. The van der Waals surface area contributed by atoms with Crippen LogP contribution in [0.25, 0.3) is 0 Å². The molecule has 1 aliphatic heterocycles. The Kier molecular flexibility index (Phi) is 4.54. The third-order valence-corrected chi connectivity index (χ3v) is 4.25. The van der Waals surface area contributed by atoms with Crippen molar-refractivity contribution in [1.82, 2.24) is 15.5 Å². The molecule has 1 aromatic carbocycles. The summed E-state index contributed by atoms with van der Waals surface area (Å²) in [5.74, 6) is 0.387. The van der Waals surface area contributed by atoms with Crippen LogP contribution in [0.15, 0.2) is 24.5 Å². The molecule has 1 saturated heterocycles.